The Morgan fingerprint density at radius 3 is 1.00 bits per heavy atom. The van der Waals surface area contributed by atoms with E-state index < -0.39 is 0 Å². The van der Waals surface area contributed by atoms with E-state index in [0.717, 1.165) is 6.42 Å². The first-order valence-corrected chi connectivity index (χ1v) is 15.5. The third kappa shape index (κ3) is 85.8. The van der Waals surface area contributed by atoms with Crippen LogP contribution in [0.15, 0.2) is 61.3 Å². The van der Waals surface area contributed by atoms with Crippen LogP contribution in [0, 0.1) is 33.0 Å². The van der Waals surface area contributed by atoms with Crippen molar-refractivity contribution in [1.29, 1.82) is 0 Å². The van der Waals surface area contributed by atoms with Gasteiger partial charge in [0.25, 0.3) is 0 Å². The van der Waals surface area contributed by atoms with Gasteiger partial charge in [0.1, 0.15) is 0 Å². The molecule has 0 amide bonds. The van der Waals surface area contributed by atoms with Crippen LogP contribution in [0.3, 0.4) is 0 Å². The maximum absolute atomic E-state index is 3.63. The van der Waals surface area contributed by atoms with Gasteiger partial charge in [-0.3, -0.25) is 0 Å². The van der Waals surface area contributed by atoms with Gasteiger partial charge in [0.05, 0.1) is 0 Å². The van der Waals surface area contributed by atoms with E-state index >= 15 is 0 Å². The monoisotopic (exact) mass is 547 g/mol. The highest BCUT2D eigenvalue weighted by molar-refractivity contribution is 4.94. The van der Waals surface area contributed by atoms with Gasteiger partial charge >= 0.3 is 0 Å². The van der Waals surface area contributed by atoms with Crippen molar-refractivity contribution in [1.82, 2.24) is 0 Å². The van der Waals surface area contributed by atoms with E-state index in [1.165, 1.54) is 12.8 Å². The average molecular weight is 547 g/mol. The van der Waals surface area contributed by atoms with Gasteiger partial charge in [-0.05, 0) is 52.8 Å². The van der Waals surface area contributed by atoms with Crippen molar-refractivity contribution in [2.24, 2.45) is 33.0 Å². The van der Waals surface area contributed by atoms with Crippen LogP contribution in [-0.2, 0) is 0 Å². The van der Waals surface area contributed by atoms with Crippen molar-refractivity contribution in [2.75, 3.05) is 0 Å². The normalized spacial score (nSPS) is 12.8. The lowest BCUT2D eigenvalue weighted by molar-refractivity contribution is 0.538. The maximum Gasteiger partial charge on any atom is -0.0203 e. The second-order valence-corrected chi connectivity index (χ2v) is 16.1. The minimum atomic E-state index is 0.306. The van der Waals surface area contributed by atoms with E-state index in [-0.39, 0.29) is 0 Å². The third-order valence-electron chi connectivity index (χ3n) is 4.19. The zero-order valence-electron chi connectivity index (χ0n) is 31.1. The van der Waals surface area contributed by atoms with Gasteiger partial charge in [-0.15, -0.1) is 6.58 Å². The van der Waals surface area contributed by atoms with Crippen molar-refractivity contribution in [2.45, 2.75) is 158 Å². The molecule has 0 heteroatoms. The summed E-state index contributed by atoms with van der Waals surface area (Å²) in [5, 5.41) is 0. The standard InChI is InChI=1S/2C9H18.C8H16.C7H14.C6H12/c1-8(2)6-7-9(3,4)5;1-5-6-7-8-9(2,3)4;1-5-6-7-8(2,3)4;1-5-6-7(2,3)4;1-5-6(2,3)4/h6-8H,1-5H3;7-8H,5-6H2,1-4H3;6-7H,5H2,1-4H3;5-6H,1-4H3;5H,1H2,2-4H3/b7-6+;8-7+;7-6+;6-5+;. The molecule has 0 aliphatic rings. The molecule has 0 aliphatic heterocycles. The van der Waals surface area contributed by atoms with Crippen LogP contribution >= 0.6 is 0 Å². The van der Waals surface area contributed by atoms with E-state index in [1.807, 2.05) is 13.0 Å². The highest BCUT2D eigenvalue weighted by atomic mass is 14.1. The summed E-state index contributed by atoms with van der Waals surface area (Å²) in [5.74, 6) is 0.684. The van der Waals surface area contributed by atoms with Crippen LogP contribution < -0.4 is 0 Å². The van der Waals surface area contributed by atoms with Crippen LogP contribution in [0.5, 0.6) is 0 Å². The van der Waals surface area contributed by atoms with Crippen molar-refractivity contribution >= 4 is 0 Å². The van der Waals surface area contributed by atoms with Crippen LogP contribution in [0.25, 0.3) is 0 Å². The Labute approximate surface area is 251 Å². The lowest BCUT2D eigenvalue weighted by atomic mass is 9.95. The molecule has 234 valence electrons. The van der Waals surface area contributed by atoms with Crippen molar-refractivity contribution in [3.8, 4) is 0 Å². The molecule has 0 fully saturated rings. The average Bonchev–Trinajstić information content (AvgIpc) is 2.69. The van der Waals surface area contributed by atoms with E-state index in [2.05, 4.69) is 187 Å². The number of hydrogen-bond donors (Lipinski definition) is 0. The molecule has 0 heterocycles. The summed E-state index contributed by atoms with van der Waals surface area (Å²) in [7, 11) is 0. The molecule has 0 spiro atoms. The Hall–Kier alpha value is -1.30. The van der Waals surface area contributed by atoms with Gasteiger partial charge in [-0.2, -0.15) is 0 Å². The minimum Gasteiger partial charge on any atom is -0.103 e. The first-order chi connectivity index (χ1) is 17.2. The smallest absolute Gasteiger partial charge is 0.0203 e. The molecule has 0 aromatic carbocycles. The molecule has 0 aromatic heterocycles. The van der Waals surface area contributed by atoms with Gasteiger partial charge in [-0.1, -0.05) is 193 Å². The third-order valence-corrected chi connectivity index (χ3v) is 4.19. The number of unbranched alkanes of at least 4 members (excludes halogenated alkanes) is 1. The maximum atomic E-state index is 3.63. The molecule has 0 nitrogen and oxygen atoms in total. The van der Waals surface area contributed by atoms with E-state index in [1.54, 1.807) is 0 Å². The zero-order chi connectivity index (χ0) is 32.6. The predicted molar refractivity (Wildman–Crippen MR) is 190 cm³/mol. The second kappa shape index (κ2) is 24.5. The molecule has 0 rings (SSSR count). The quantitative estimate of drug-likeness (QED) is 0.307. The summed E-state index contributed by atoms with van der Waals surface area (Å²) >= 11 is 0. The number of hydrogen-bond acceptors (Lipinski definition) is 0. The Kier molecular flexibility index (Phi) is 29.8. The highest BCUT2D eigenvalue weighted by Gasteiger charge is 2.04. The van der Waals surface area contributed by atoms with E-state index in [9.17, 15) is 0 Å². The minimum absolute atomic E-state index is 0.306. The Balaban J connectivity index is -0.000000124. The summed E-state index contributed by atoms with van der Waals surface area (Å²) in [6, 6.07) is 0. The fraction of sp³-hybridized carbons (Fsp3) is 0.744. The first-order valence-electron chi connectivity index (χ1n) is 15.5. The molecule has 0 N–H and O–H groups in total. The summed E-state index contributed by atoms with van der Waals surface area (Å²) in [4.78, 5) is 0. The number of allylic oxidation sites excluding steroid dienone is 9. The van der Waals surface area contributed by atoms with Gasteiger partial charge < -0.3 is 0 Å². The van der Waals surface area contributed by atoms with E-state index in [0.29, 0.717) is 33.0 Å². The molecular weight excluding hydrogens is 468 g/mol. The second-order valence-electron chi connectivity index (χ2n) is 16.1. The SMILES string of the molecule is C/C=C/C(C)(C)C.C=CC(C)(C)C.CC(C)/C=C/C(C)(C)C.CC/C=C/C(C)(C)C.CCC/C=C/C(C)(C)C. The largest absolute Gasteiger partial charge is 0.103 e. The molecule has 0 aromatic rings. The lowest BCUT2D eigenvalue weighted by Crippen LogP contribution is -1.99. The van der Waals surface area contributed by atoms with Gasteiger partial charge in [0, 0.05) is 0 Å². The lowest BCUT2D eigenvalue weighted by Gasteiger charge is -2.11. The van der Waals surface area contributed by atoms with Crippen LogP contribution in [0.2, 0.25) is 0 Å². The molecule has 39 heavy (non-hydrogen) atoms. The number of rotatable bonds is 4. The topological polar surface area (TPSA) is 0 Å². The van der Waals surface area contributed by atoms with Crippen molar-refractivity contribution in [3.63, 3.8) is 0 Å². The Morgan fingerprint density at radius 1 is 0.538 bits per heavy atom. The molecule has 0 unspecified atom stereocenters. The molecule has 0 saturated heterocycles. The fourth-order valence-electron chi connectivity index (χ4n) is 2.06. The summed E-state index contributed by atoms with van der Waals surface area (Å²) < 4.78 is 0. The first kappa shape index (κ1) is 47.5. The van der Waals surface area contributed by atoms with Crippen LogP contribution in [-0.4, -0.2) is 0 Å². The van der Waals surface area contributed by atoms with Crippen LogP contribution in [0.1, 0.15) is 158 Å². The Bertz CT molecular complexity index is 627. The zero-order valence-corrected chi connectivity index (χ0v) is 31.1. The fourth-order valence-corrected chi connectivity index (χ4v) is 2.06. The van der Waals surface area contributed by atoms with Crippen molar-refractivity contribution < 1.29 is 0 Å². The summed E-state index contributed by atoms with van der Waals surface area (Å²) in [5.41, 5.74) is 1.77. The molecule has 0 radical (unpaired) electrons. The summed E-state index contributed by atoms with van der Waals surface area (Å²) in [6.45, 7) is 47.3. The Morgan fingerprint density at radius 2 is 0.872 bits per heavy atom. The van der Waals surface area contributed by atoms with Gasteiger partial charge in [-0.25, -0.2) is 0 Å². The van der Waals surface area contributed by atoms with Gasteiger partial charge in [0.2, 0.25) is 0 Å². The van der Waals surface area contributed by atoms with Gasteiger partial charge in [0.15, 0.2) is 0 Å². The highest BCUT2D eigenvalue weighted by Crippen LogP contribution is 2.16. The van der Waals surface area contributed by atoms with Crippen molar-refractivity contribution in [3.05, 3.63) is 61.3 Å². The predicted octanol–water partition coefficient (Wildman–Crippen LogP) is 14.5. The molecule has 0 aliphatic carbocycles. The summed E-state index contributed by atoms with van der Waals surface area (Å²) in [6.07, 6.45) is 23.3. The van der Waals surface area contributed by atoms with E-state index in [4.69, 9.17) is 0 Å². The molecule has 0 saturated carbocycles. The van der Waals surface area contributed by atoms with Crippen LogP contribution in [0.4, 0.5) is 0 Å². The molecule has 0 atom stereocenters. The molecule has 0 bridgehead atoms. The molecular formula is C39H78.